The van der Waals surface area contributed by atoms with Gasteiger partial charge in [-0.3, -0.25) is 4.79 Å². The Hall–Kier alpha value is -2.00. The summed E-state index contributed by atoms with van der Waals surface area (Å²) in [7, 11) is 0. The second-order valence-electron chi connectivity index (χ2n) is 6.52. The maximum atomic E-state index is 12.6. The standard InChI is InChI=1S/C21H26ClNO2/c1-6-20(25-17-8-10-19(22)15(4)12-17)21(24)23-16(5)18-9-7-13(2)11-14(18)3/h7-12,16,20H,6H2,1-5H3,(H,23,24)/t16-,20+/m1/s1. The van der Waals surface area contributed by atoms with E-state index in [-0.39, 0.29) is 11.9 Å². The summed E-state index contributed by atoms with van der Waals surface area (Å²) < 4.78 is 5.88. The van der Waals surface area contributed by atoms with Gasteiger partial charge in [0.25, 0.3) is 5.91 Å². The lowest BCUT2D eigenvalue weighted by Crippen LogP contribution is -2.39. The summed E-state index contributed by atoms with van der Waals surface area (Å²) in [6, 6.07) is 11.6. The third-order valence-corrected chi connectivity index (χ3v) is 4.75. The molecule has 2 rings (SSSR count). The number of nitrogens with one attached hydrogen (secondary N) is 1. The first kappa shape index (κ1) is 19.3. The normalized spacial score (nSPS) is 13.2. The van der Waals surface area contributed by atoms with E-state index < -0.39 is 6.10 Å². The van der Waals surface area contributed by atoms with Crippen molar-refractivity contribution in [3.05, 3.63) is 63.7 Å². The van der Waals surface area contributed by atoms with Crippen molar-refractivity contribution in [2.45, 2.75) is 53.2 Å². The van der Waals surface area contributed by atoms with E-state index in [0.717, 1.165) is 11.1 Å². The molecule has 4 heteroatoms. The molecule has 0 aliphatic rings. The number of carbonyl (C=O) groups excluding carboxylic acids is 1. The summed E-state index contributed by atoms with van der Waals surface area (Å²) >= 11 is 6.04. The van der Waals surface area contributed by atoms with Gasteiger partial charge in [0.1, 0.15) is 5.75 Å². The van der Waals surface area contributed by atoms with Crippen LogP contribution in [0, 0.1) is 20.8 Å². The average molecular weight is 360 g/mol. The quantitative estimate of drug-likeness (QED) is 0.760. The number of ether oxygens (including phenoxy) is 1. The van der Waals surface area contributed by atoms with Gasteiger partial charge in [-0.25, -0.2) is 0 Å². The van der Waals surface area contributed by atoms with E-state index in [0.29, 0.717) is 17.2 Å². The molecule has 0 heterocycles. The predicted octanol–water partition coefficient (Wildman–Crippen LogP) is 5.30. The molecule has 0 bridgehead atoms. The van der Waals surface area contributed by atoms with Crippen LogP contribution in [-0.2, 0) is 4.79 Å². The molecule has 0 aromatic heterocycles. The summed E-state index contributed by atoms with van der Waals surface area (Å²) in [6.07, 6.45) is 0.0568. The number of aryl methyl sites for hydroxylation is 3. The van der Waals surface area contributed by atoms with Crippen molar-refractivity contribution in [2.75, 3.05) is 0 Å². The Morgan fingerprint density at radius 3 is 2.44 bits per heavy atom. The van der Waals surface area contributed by atoms with Crippen molar-refractivity contribution >= 4 is 17.5 Å². The van der Waals surface area contributed by atoms with E-state index in [1.165, 1.54) is 11.1 Å². The third-order valence-electron chi connectivity index (χ3n) is 4.32. The summed E-state index contributed by atoms with van der Waals surface area (Å²) in [4.78, 5) is 12.6. The largest absolute Gasteiger partial charge is 0.481 e. The van der Waals surface area contributed by atoms with Crippen LogP contribution >= 0.6 is 11.6 Å². The molecule has 0 radical (unpaired) electrons. The molecule has 2 atom stereocenters. The van der Waals surface area contributed by atoms with Gasteiger partial charge in [0, 0.05) is 5.02 Å². The fourth-order valence-corrected chi connectivity index (χ4v) is 2.99. The Morgan fingerprint density at radius 1 is 1.12 bits per heavy atom. The van der Waals surface area contributed by atoms with Crippen molar-refractivity contribution in [1.29, 1.82) is 0 Å². The van der Waals surface area contributed by atoms with E-state index in [1.54, 1.807) is 12.1 Å². The molecule has 0 fully saturated rings. The second-order valence-corrected chi connectivity index (χ2v) is 6.92. The summed E-state index contributed by atoms with van der Waals surface area (Å²) in [5, 5.41) is 3.75. The molecule has 2 aromatic rings. The van der Waals surface area contributed by atoms with Crippen molar-refractivity contribution < 1.29 is 9.53 Å². The minimum Gasteiger partial charge on any atom is -0.481 e. The molecule has 134 valence electrons. The van der Waals surface area contributed by atoms with Gasteiger partial charge in [-0.1, -0.05) is 42.3 Å². The molecular formula is C21H26ClNO2. The molecular weight excluding hydrogens is 334 g/mol. The fourth-order valence-electron chi connectivity index (χ4n) is 2.87. The van der Waals surface area contributed by atoms with Gasteiger partial charge in [-0.2, -0.15) is 0 Å². The van der Waals surface area contributed by atoms with E-state index in [2.05, 4.69) is 37.4 Å². The summed E-state index contributed by atoms with van der Waals surface area (Å²) in [6.45, 7) is 9.98. The lowest BCUT2D eigenvalue weighted by Gasteiger charge is -2.22. The summed E-state index contributed by atoms with van der Waals surface area (Å²) in [5.74, 6) is 0.547. The fraction of sp³-hybridized carbons (Fsp3) is 0.381. The second kappa shape index (κ2) is 8.39. The molecule has 0 spiro atoms. The van der Waals surface area contributed by atoms with Gasteiger partial charge < -0.3 is 10.1 Å². The molecule has 3 nitrogen and oxygen atoms in total. The van der Waals surface area contributed by atoms with Crippen LogP contribution in [0.2, 0.25) is 5.02 Å². The van der Waals surface area contributed by atoms with Gasteiger partial charge in [0.2, 0.25) is 0 Å². The Bertz CT molecular complexity index is 758. The van der Waals surface area contributed by atoms with Crippen LogP contribution < -0.4 is 10.1 Å². The van der Waals surface area contributed by atoms with Crippen LogP contribution in [0.15, 0.2) is 36.4 Å². The maximum absolute atomic E-state index is 12.6. The molecule has 1 N–H and O–H groups in total. The zero-order valence-electron chi connectivity index (χ0n) is 15.5. The minimum atomic E-state index is -0.534. The number of amides is 1. The number of carbonyl (C=O) groups is 1. The van der Waals surface area contributed by atoms with Crippen molar-refractivity contribution in [3.63, 3.8) is 0 Å². The van der Waals surface area contributed by atoms with E-state index in [4.69, 9.17) is 16.3 Å². The minimum absolute atomic E-state index is 0.0716. The lowest BCUT2D eigenvalue weighted by molar-refractivity contribution is -0.128. The van der Waals surface area contributed by atoms with Gasteiger partial charge in [0.05, 0.1) is 6.04 Å². The van der Waals surface area contributed by atoms with Gasteiger partial charge in [0.15, 0.2) is 6.10 Å². The molecule has 0 aliphatic heterocycles. The van der Waals surface area contributed by atoms with Crippen LogP contribution in [0.25, 0.3) is 0 Å². The predicted molar refractivity (Wildman–Crippen MR) is 103 cm³/mol. The molecule has 1 amide bonds. The van der Waals surface area contributed by atoms with Crippen LogP contribution in [0.4, 0.5) is 0 Å². The highest BCUT2D eigenvalue weighted by Crippen LogP contribution is 2.23. The van der Waals surface area contributed by atoms with Crippen LogP contribution in [0.3, 0.4) is 0 Å². The zero-order valence-corrected chi connectivity index (χ0v) is 16.3. The van der Waals surface area contributed by atoms with E-state index >= 15 is 0 Å². The van der Waals surface area contributed by atoms with Crippen molar-refractivity contribution in [3.8, 4) is 5.75 Å². The SMILES string of the molecule is CC[C@H](Oc1ccc(Cl)c(C)c1)C(=O)N[C@H](C)c1ccc(C)cc1C. The molecule has 25 heavy (non-hydrogen) atoms. The number of hydrogen-bond acceptors (Lipinski definition) is 2. The highest BCUT2D eigenvalue weighted by molar-refractivity contribution is 6.31. The molecule has 0 saturated carbocycles. The van der Waals surface area contributed by atoms with Crippen LogP contribution in [0.5, 0.6) is 5.75 Å². The average Bonchev–Trinajstić information content (AvgIpc) is 2.55. The molecule has 0 aliphatic carbocycles. The first-order chi connectivity index (χ1) is 11.8. The Labute approximate surface area is 155 Å². The highest BCUT2D eigenvalue weighted by Gasteiger charge is 2.21. The Kier molecular flexibility index (Phi) is 6.49. The van der Waals surface area contributed by atoms with E-state index in [1.807, 2.05) is 26.8 Å². The summed E-state index contributed by atoms with van der Waals surface area (Å²) in [5.41, 5.74) is 4.44. The highest BCUT2D eigenvalue weighted by atomic mass is 35.5. The maximum Gasteiger partial charge on any atom is 0.261 e. The molecule has 0 saturated heterocycles. The molecule has 0 unspecified atom stereocenters. The Balaban J connectivity index is 2.07. The number of benzene rings is 2. The molecule has 2 aromatic carbocycles. The van der Waals surface area contributed by atoms with E-state index in [9.17, 15) is 4.79 Å². The third kappa shape index (κ3) is 4.99. The van der Waals surface area contributed by atoms with Gasteiger partial charge in [-0.15, -0.1) is 0 Å². The zero-order chi connectivity index (χ0) is 18.6. The lowest BCUT2D eigenvalue weighted by atomic mass is 10.00. The van der Waals surface area contributed by atoms with Gasteiger partial charge >= 0.3 is 0 Å². The van der Waals surface area contributed by atoms with Crippen molar-refractivity contribution in [1.82, 2.24) is 5.32 Å². The number of hydrogen-bond donors (Lipinski definition) is 1. The Morgan fingerprint density at radius 2 is 1.84 bits per heavy atom. The van der Waals surface area contributed by atoms with Gasteiger partial charge in [-0.05, 0) is 69.0 Å². The topological polar surface area (TPSA) is 38.3 Å². The van der Waals surface area contributed by atoms with Crippen molar-refractivity contribution in [2.24, 2.45) is 0 Å². The first-order valence-corrected chi connectivity index (χ1v) is 9.00. The smallest absolute Gasteiger partial charge is 0.261 e. The number of rotatable bonds is 6. The monoisotopic (exact) mass is 359 g/mol. The number of halogens is 1. The first-order valence-electron chi connectivity index (χ1n) is 8.62. The van der Waals surface area contributed by atoms with Crippen LogP contribution in [-0.4, -0.2) is 12.0 Å². The van der Waals surface area contributed by atoms with Crippen LogP contribution in [0.1, 0.15) is 48.6 Å².